The summed E-state index contributed by atoms with van der Waals surface area (Å²) in [6.07, 6.45) is 1.16. The summed E-state index contributed by atoms with van der Waals surface area (Å²) in [5, 5.41) is 4.40. The van der Waals surface area contributed by atoms with Gasteiger partial charge in [-0.1, -0.05) is 42.1 Å². The molecule has 0 unspecified atom stereocenters. The molecule has 1 heterocycles. The zero-order chi connectivity index (χ0) is 9.64. The number of thioether (sulfide) groups is 1. The van der Waals surface area contributed by atoms with E-state index in [1.54, 1.807) is 11.8 Å². The van der Waals surface area contributed by atoms with Crippen LogP contribution in [-0.2, 0) is 5.75 Å². The second-order valence-electron chi connectivity index (χ2n) is 3.24. The zero-order valence-electron chi connectivity index (χ0n) is 8.48. The van der Waals surface area contributed by atoms with E-state index in [1.165, 1.54) is 5.56 Å². The summed E-state index contributed by atoms with van der Waals surface area (Å²) in [5.74, 6) is 1.01. The molecule has 0 saturated heterocycles. The number of amidine groups is 1. The SMILES string of the molecule is Br.c1ccc(CSC2=NCCCN2)cc1. The van der Waals surface area contributed by atoms with Crippen molar-refractivity contribution < 1.29 is 0 Å². The topological polar surface area (TPSA) is 24.4 Å². The Morgan fingerprint density at radius 1 is 1.27 bits per heavy atom. The van der Waals surface area contributed by atoms with Gasteiger partial charge in [-0.25, -0.2) is 0 Å². The van der Waals surface area contributed by atoms with Gasteiger partial charge in [0.1, 0.15) is 0 Å². The molecule has 0 amide bonds. The lowest BCUT2D eigenvalue weighted by molar-refractivity contribution is 0.751. The Bertz CT molecular complexity index is 314. The summed E-state index contributed by atoms with van der Waals surface area (Å²) in [7, 11) is 0. The van der Waals surface area contributed by atoms with E-state index in [9.17, 15) is 0 Å². The van der Waals surface area contributed by atoms with E-state index >= 15 is 0 Å². The van der Waals surface area contributed by atoms with E-state index in [4.69, 9.17) is 0 Å². The molecule has 2 nitrogen and oxygen atoms in total. The monoisotopic (exact) mass is 286 g/mol. The summed E-state index contributed by atoms with van der Waals surface area (Å²) in [6, 6.07) is 10.5. The molecule has 82 valence electrons. The van der Waals surface area contributed by atoms with Crippen LogP contribution in [0.5, 0.6) is 0 Å². The van der Waals surface area contributed by atoms with Crippen molar-refractivity contribution in [3.8, 4) is 0 Å². The molecule has 0 aromatic heterocycles. The highest BCUT2D eigenvalue weighted by Crippen LogP contribution is 2.13. The number of nitrogens with zero attached hydrogens (tertiary/aromatic N) is 1. The molecule has 0 saturated carbocycles. The van der Waals surface area contributed by atoms with Crippen molar-refractivity contribution in [1.29, 1.82) is 0 Å². The minimum atomic E-state index is 0. The van der Waals surface area contributed by atoms with E-state index in [1.807, 2.05) is 6.07 Å². The fourth-order valence-corrected chi connectivity index (χ4v) is 2.22. The first-order valence-electron chi connectivity index (χ1n) is 4.90. The van der Waals surface area contributed by atoms with Gasteiger partial charge in [0.05, 0.1) is 0 Å². The first-order valence-corrected chi connectivity index (χ1v) is 5.89. The molecule has 0 fully saturated rings. The lowest BCUT2D eigenvalue weighted by Gasteiger charge is -2.13. The lowest BCUT2D eigenvalue weighted by Crippen LogP contribution is -2.26. The van der Waals surface area contributed by atoms with Crippen LogP contribution >= 0.6 is 28.7 Å². The molecule has 15 heavy (non-hydrogen) atoms. The number of hydrogen-bond acceptors (Lipinski definition) is 3. The van der Waals surface area contributed by atoms with Crippen molar-refractivity contribution in [2.75, 3.05) is 13.1 Å². The Labute approximate surface area is 105 Å². The quantitative estimate of drug-likeness (QED) is 0.904. The van der Waals surface area contributed by atoms with Crippen LogP contribution < -0.4 is 5.32 Å². The molecule has 1 aromatic rings. The molecular weight excluding hydrogens is 272 g/mol. The Morgan fingerprint density at radius 3 is 2.73 bits per heavy atom. The van der Waals surface area contributed by atoms with Crippen LogP contribution in [0.1, 0.15) is 12.0 Å². The molecule has 1 aromatic carbocycles. The van der Waals surface area contributed by atoms with Crippen molar-refractivity contribution in [3.63, 3.8) is 0 Å². The molecule has 4 heteroatoms. The number of nitrogens with one attached hydrogen (secondary N) is 1. The lowest BCUT2D eigenvalue weighted by atomic mass is 10.2. The molecule has 2 rings (SSSR count). The van der Waals surface area contributed by atoms with Gasteiger partial charge in [0.2, 0.25) is 0 Å². The average Bonchev–Trinajstić information content (AvgIpc) is 2.29. The molecule has 0 atom stereocenters. The number of benzene rings is 1. The Kier molecular flexibility index (Phi) is 5.79. The van der Waals surface area contributed by atoms with Crippen LogP contribution in [0, 0.1) is 0 Å². The molecular formula is C11H15BrN2S. The van der Waals surface area contributed by atoms with E-state index in [0.29, 0.717) is 0 Å². The molecule has 1 aliphatic heterocycles. The zero-order valence-corrected chi connectivity index (χ0v) is 11.0. The fourth-order valence-electron chi connectivity index (χ4n) is 1.33. The van der Waals surface area contributed by atoms with Gasteiger partial charge in [-0.05, 0) is 12.0 Å². The van der Waals surface area contributed by atoms with Crippen molar-refractivity contribution in [3.05, 3.63) is 35.9 Å². The van der Waals surface area contributed by atoms with Gasteiger partial charge < -0.3 is 5.32 Å². The Balaban J connectivity index is 0.00000112. The van der Waals surface area contributed by atoms with E-state index < -0.39 is 0 Å². The summed E-state index contributed by atoms with van der Waals surface area (Å²) < 4.78 is 0. The maximum atomic E-state index is 4.41. The van der Waals surface area contributed by atoms with Crippen LogP contribution in [-0.4, -0.2) is 18.3 Å². The van der Waals surface area contributed by atoms with Gasteiger partial charge in [0, 0.05) is 18.8 Å². The summed E-state index contributed by atoms with van der Waals surface area (Å²) in [4.78, 5) is 4.41. The van der Waals surface area contributed by atoms with Crippen molar-refractivity contribution >= 4 is 33.9 Å². The minimum Gasteiger partial charge on any atom is -0.365 e. The summed E-state index contributed by atoms with van der Waals surface area (Å²) >= 11 is 1.79. The van der Waals surface area contributed by atoms with Crippen molar-refractivity contribution in [2.24, 2.45) is 4.99 Å². The highest BCUT2D eigenvalue weighted by atomic mass is 79.9. The predicted molar refractivity (Wildman–Crippen MR) is 73.0 cm³/mol. The number of aliphatic imine (C=N–C) groups is 1. The van der Waals surface area contributed by atoms with Gasteiger partial charge in [0.25, 0.3) is 0 Å². The van der Waals surface area contributed by atoms with E-state index in [2.05, 4.69) is 34.6 Å². The largest absolute Gasteiger partial charge is 0.365 e. The van der Waals surface area contributed by atoms with Gasteiger partial charge in [-0.15, -0.1) is 17.0 Å². The van der Waals surface area contributed by atoms with Crippen LogP contribution in [0.4, 0.5) is 0 Å². The van der Waals surface area contributed by atoms with Crippen LogP contribution in [0.2, 0.25) is 0 Å². The van der Waals surface area contributed by atoms with Crippen LogP contribution in [0.25, 0.3) is 0 Å². The van der Waals surface area contributed by atoms with Crippen LogP contribution in [0.15, 0.2) is 35.3 Å². The Morgan fingerprint density at radius 2 is 2.07 bits per heavy atom. The van der Waals surface area contributed by atoms with E-state index in [-0.39, 0.29) is 17.0 Å². The third kappa shape index (κ3) is 4.26. The third-order valence-corrected chi connectivity index (χ3v) is 3.11. The highest BCUT2D eigenvalue weighted by molar-refractivity contribution is 8.93. The van der Waals surface area contributed by atoms with Gasteiger partial charge in [0.15, 0.2) is 5.17 Å². The molecule has 0 radical (unpaired) electrons. The molecule has 0 spiro atoms. The molecule has 1 aliphatic rings. The van der Waals surface area contributed by atoms with Gasteiger partial charge in [-0.3, -0.25) is 4.99 Å². The average molecular weight is 287 g/mol. The normalized spacial score (nSPS) is 14.8. The van der Waals surface area contributed by atoms with Crippen LogP contribution in [0.3, 0.4) is 0 Å². The van der Waals surface area contributed by atoms with Crippen molar-refractivity contribution in [1.82, 2.24) is 5.32 Å². The predicted octanol–water partition coefficient (Wildman–Crippen LogP) is 2.85. The first kappa shape index (κ1) is 12.6. The number of hydrogen-bond donors (Lipinski definition) is 1. The highest BCUT2D eigenvalue weighted by Gasteiger charge is 2.03. The molecule has 0 aliphatic carbocycles. The smallest absolute Gasteiger partial charge is 0.156 e. The van der Waals surface area contributed by atoms with E-state index in [0.717, 1.165) is 30.4 Å². The minimum absolute atomic E-state index is 0. The second-order valence-corrected chi connectivity index (χ2v) is 4.21. The molecule has 1 N–H and O–H groups in total. The standard InChI is InChI=1S/C11H14N2S.BrH/c1-2-5-10(6-3-1)9-14-11-12-7-4-8-13-11;/h1-3,5-6H,4,7-9H2,(H,12,13);1H. The molecule has 0 bridgehead atoms. The van der Waals surface area contributed by atoms with Crippen molar-refractivity contribution in [2.45, 2.75) is 12.2 Å². The van der Waals surface area contributed by atoms with Gasteiger partial charge in [-0.2, -0.15) is 0 Å². The maximum Gasteiger partial charge on any atom is 0.156 e. The summed E-state index contributed by atoms with van der Waals surface area (Å²) in [6.45, 7) is 2.05. The summed E-state index contributed by atoms with van der Waals surface area (Å²) in [5.41, 5.74) is 1.35. The first-order chi connectivity index (χ1) is 6.95. The van der Waals surface area contributed by atoms with Gasteiger partial charge >= 0.3 is 0 Å². The third-order valence-electron chi connectivity index (χ3n) is 2.08. The number of halogens is 1. The second kappa shape index (κ2) is 6.90. The Hall–Kier alpha value is -0.480. The number of rotatable bonds is 2. The maximum absolute atomic E-state index is 4.41. The fraction of sp³-hybridized carbons (Fsp3) is 0.364.